The second kappa shape index (κ2) is 9.97. The van der Waals surface area contributed by atoms with E-state index < -0.39 is 8.32 Å². The number of carbonyl (C=O) groups excluding carboxylic acids is 1. The number of carbonyl (C=O) groups is 1. The van der Waals surface area contributed by atoms with Gasteiger partial charge < -0.3 is 9.16 Å². The fraction of sp³-hybridized carbons (Fsp3) is 0.591. The van der Waals surface area contributed by atoms with Gasteiger partial charge in [0.15, 0.2) is 5.88 Å². The van der Waals surface area contributed by atoms with Crippen molar-refractivity contribution in [3.8, 4) is 0 Å². The molecular formula is C22H35NO3Si. The van der Waals surface area contributed by atoms with Crippen molar-refractivity contribution in [3.63, 3.8) is 0 Å². The molecule has 27 heavy (non-hydrogen) atoms. The van der Waals surface area contributed by atoms with E-state index in [2.05, 4.69) is 45.6 Å². The molecule has 1 saturated heterocycles. The molecule has 0 unspecified atom stereocenters. The van der Waals surface area contributed by atoms with Crippen LogP contribution in [0.1, 0.15) is 51.5 Å². The summed E-state index contributed by atoms with van der Waals surface area (Å²) in [6.45, 7) is 11.2. The smallest absolute Gasteiger partial charge is 0.417 e. The number of cyclic esters (lactones) is 1. The number of nitrogens with zero attached hydrogens (tertiary/aromatic N) is 1. The number of benzene rings is 1. The standard InChI is InChI=1S/C22H35NO3Si/c1-6-7-8-10-13-18(2)21(26-27(3,4)5)23-20(17-25-22(23)24)16-19-14-11-9-12-15-19/h9,11-12,14-15,20H,6-8,10,13,16-17H2,1-5H3/b21-18+/t20-/m0/s1. The molecule has 1 aliphatic heterocycles. The van der Waals surface area contributed by atoms with Crippen molar-refractivity contribution in [2.75, 3.05) is 6.61 Å². The van der Waals surface area contributed by atoms with Crippen molar-refractivity contribution in [1.29, 1.82) is 0 Å². The van der Waals surface area contributed by atoms with Crippen LogP contribution in [0.3, 0.4) is 0 Å². The molecule has 0 N–H and O–H groups in total. The summed E-state index contributed by atoms with van der Waals surface area (Å²) in [5, 5.41) is 0. The number of hydrogen-bond donors (Lipinski definition) is 0. The van der Waals surface area contributed by atoms with E-state index in [9.17, 15) is 4.79 Å². The van der Waals surface area contributed by atoms with E-state index in [0.29, 0.717) is 6.61 Å². The molecule has 0 saturated carbocycles. The highest BCUT2D eigenvalue weighted by Crippen LogP contribution is 2.29. The normalized spacial score (nSPS) is 18.3. The first-order valence-corrected chi connectivity index (χ1v) is 13.6. The lowest BCUT2D eigenvalue weighted by molar-refractivity contribution is 0.150. The second-order valence-corrected chi connectivity index (χ2v) is 12.8. The van der Waals surface area contributed by atoms with Crippen LogP contribution in [-0.4, -0.2) is 32.0 Å². The van der Waals surface area contributed by atoms with Gasteiger partial charge in [0.2, 0.25) is 8.32 Å². The van der Waals surface area contributed by atoms with Crippen LogP contribution >= 0.6 is 0 Å². The lowest BCUT2D eigenvalue weighted by atomic mass is 10.0. The van der Waals surface area contributed by atoms with E-state index in [4.69, 9.17) is 9.16 Å². The van der Waals surface area contributed by atoms with Gasteiger partial charge in [-0.25, -0.2) is 9.69 Å². The molecule has 0 aliphatic carbocycles. The molecule has 1 amide bonds. The van der Waals surface area contributed by atoms with Crippen LogP contribution in [0.25, 0.3) is 0 Å². The fourth-order valence-corrected chi connectivity index (χ4v) is 4.15. The van der Waals surface area contributed by atoms with Gasteiger partial charge in [0, 0.05) is 0 Å². The van der Waals surface area contributed by atoms with Crippen LogP contribution in [0.15, 0.2) is 41.8 Å². The zero-order valence-electron chi connectivity index (χ0n) is 17.6. The number of unbranched alkanes of at least 4 members (excludes halogenated alkanes) is 3. The number of rotatable bonds is 10. The van der Waals surface area contributed by atoms with Gasteiger partial charge in [-0.1, -0.05) is 56.5 Å². The van der Waals surface area contributed by atoms with Crippen LogP contribution < -0.4 is 0 Å². The Balaban J connectivity index is 2.23. The average Bonchev–Trinajstić information content (AvgIpc) is 2.97. The first kappa shape index (κ1) is 21.5. The summed E-state index contributed by atoms with van der Waals surface area (Å²) in [5.74, 6) is 0.745. The number of ether oxygens (including phenoxy) is 1. The minimum Gasteiger partial charge on any atom is -0.532 e. The minimum atomic E-state index is -1.86. The maximum absolute atomic E-state index is 12.6. The molecule has 2 rings (SSSR count). The van der Waals surface area contributed by atoms with Gasteiger partial charge in [0.05, 0.1) is 6.04 Å². The van der Waals surface area contributed by atoms with Gasteiger partial charge in [0.1, 0.15) is 6.61 Å². The molecule has 1 heterocycles. The van der Waals surface area contributed by atoms with Gasteiger partial charge in [-0.05, 0) is 57.0 Å². The summed E-state index contributed by atoms with van der Waals surface area (Å²) in [5.41, 5.74) is 2.36. The highest BCUT2D eigenvalue weighted by Gasteiger charge is 2.38. The molecule has 1 aliphatic rings. The Labute approximate surface area is 165 Å². The average molecular weight is 390 g/mol. The molecule has 1 fully saturated rings. The van der Waals surface area contributed by atoms with E-state index in [1.165, 1.54) is 24.8 Å². The van der Waals surface area contributed by atoms with Crippen LogP contribution in [0, 0.1) is 0 Å². The molecule has 5 heteroatoms. The van der Waals surface area contributed by atoms with Crippen molar-refractivity contribution < 1.29 is 14.0 Å². The zero-order valence-corrected chi connectivity index (χ0v) is 18.6. The maximum Gasteiger partial charge on any atom is 0.417 e. The highest BCUT2D eigenvalue weighted by molar-refractivity contribution is 6.70. The molecule has 0 radical (unpaired) electrons. The first-order chi connectivity index (χ1) is 12.8. The van der Waals surface area contributed by atoms with Crippen molar-refractivity contribution in [2.24, 2.45) is 0 Å². The van der Waals surface area contributed by atoms with E-state index in [1.54, 1.807) is 4.90 Å². The van der Waals surface area contributed by atoms with Gasteiger partial charge in [-0.3, -0.25) is 0 Å². The van der Waals surface area contributed by atoms with Gasteiger partial charge in [0.25, 0.3) is 0 Å². The molecule has 0 aromatic heterocycles. The summed E-state index contributed by atoms with van der Waals surface area (Å²) in [6, 6.07) is 10.3. The van der Waals surface area contributed by atoms with Crippen LogP contribution in [-0.2, 0) is 15.6 Å². The third-order valence-corrected chi connectivity index (χ3v) is 5.47. The van der Waals surface area contributed by atoms with Gasteiger partial charge >= 0.3 is 6.09 Å². The Morgan fingerprint density at radius 3 is 2.52 bits per heavy atom. The molecule has 0 bridgehead atoms. The second-order valence-electron chi connectivity index (χ2n) is 8.40. The van der Waals surface area contributed by atoms with Crippen molar-refractivity contribution in [3.05, 3.63) is 47.4 Å². The maximum atomic E-state index is 12.6. The van der Waals surface area contributed by atoms with Crippen LogP contribution in [0.5, 0.6) is 0 Å². The molecular weight excluding hydrogens is 354 g/mol. The van der Waals surface area contributed by atoms with Gasteiger partial charge in [-0.2, -0.15) is 0 Å². The molecule has 1 aromatic carbocycles. The summed E-state index contributed by atoms with van der Waals surface area (Å²) >= 11 is 0. The molecule has 1 atom stereocenters. The summed E-state index contributed by atoms with van der Waals surface area (Å²) < 4.78 is 11.8. The van der Waals surface area contributed by atoms with E-state index in [0.717, 1.165) is 30.7 Å². The largest absolute Gasteiger partial charge is 0.532 e. The first-order valence-electron chi connectivity index (χ1n) is 10.2. The molecule has 1 aromatic rings. The Morgan fingerprint density at radius 2 is 1.89 bits per heavy atom. The Bertz CT molecular complexity index is 637. The fourth-order valence-electron chi connectivity index (χ4n) is 3.30. The van der Waals surface area contributed by atoms with E-state index in [1.807, 2.05) is 18.2 Å². The number of allylic oxidation sites excluding steroid dienone is 1. The minimum absolute atomic E-state index is 0.0168. The molecule has 4 nitrogen and oxygen atoms in total. The highest BCUT2D eigenvalue weighted by atomic mass is 28.4. The third kappa shape index (κ3) is 6.72. The van der Waals surface area contributed by atoms with Crippen molar-refractivity contribution in [1.82, 2.24) is 4.90 Å². The van der Waals surface area contributed by atoms with Crippen molar-refractivity contribution >= 4 is 14.4 Å². The Kier molecular flexibility index (Phi) is 7.96. The topological polar surface area (TPSA) is 38.8 Å². The van der Waals surface area contributed by atoms with Crippen molar-refractivity contribution in [2.45, 2.75) is 78.1 Å². The predicted molar refractivity (Wildman–Crippen MR) is 113 cm³/mol. The summed E-state index contributed by atoms with van der Waals surface area (Å²) in [4.78, 5) is 14.4. The lowest BCUT2D eigenvalue weighted by Gasteiger charge is -2.31. The third-order valence-electron chi connectivity index (χ3n) is 4.67. The van der Waals surface area contributed by atoms with E-state index in [-0.39, 0.29) is 12.1 Å². The predicted octanol–water partition coefficient (Wildman–Crippen LogP) is 6.10. The van der Waals surface area contributed by atoms with Crippen LogP contribution in [0.4, 0.5) is 4.79 Å². The Morgan fingerprint density at radius 1 is 1.19 bits per heavy atom. The zero-order chi connectivity index (χ0) is 19.9. The number of amides is 1. The lowest BCUT2D eigenvalue weighted by Crippen LogP contribution is -2.40. The van der Waals surface area contributed by atoms with E-state index >= 15 is 0 Å². The monoisotopic (exact) mass is 389 g/mol. The number of hydrogen-bond acceptors (Lipinski definition) is 3. The summed E-state index contributed by atoms with van der Waals surface area (Å²) in [7, 11) is -1.86. The summed E-state index contributed by atoms with van der Waals surface area (Å²) in [6.07, 6.45) is 6.27. The van der Waals surface area contributed by atoms with Gasteiger partial charge in [-0.15, -0.1) is 0 Å². The quantitative estimate of drug-likeness (QED) is 0.275. The molecule has 150 valence electrons. The Hall–Kier alpha value is -1.75. The van der Waals surface area contributed by atoms with Crippen LogP contribution in [0.2, 0.25) is 19.6 Å². The molecule has 0 spiro atoms. The SMILES string of the molecule is CCCCCC/C(C)=C(/O[Si](C)(C)C)N1C(=O)OC[C@@H]1Cc1ccccc1.